The smallest absolute Gasteiger partial charge is 0.338 e. The molecule has 0 heterocycles. The van der Waals surface area contributed by atoms with Crippen LogP contribution in [0.1, 0.15) is 15.9 Å². The predicted molar refractivity (Wildman–Crippen MR) is 86.3 cm³/mol. The van der Waals surface area contributed by atoms with E-state index in [0.29, 0.717) is 31.4 Å². The third kappa shape index (κ3) is 3.90. The highest BCUT2D eigenvalue weighted by Crippen LogP contribution is 2.34. The largest absolute Gasteiger partial charge is 0.487 e. The van der Waals surface area contributed by atoms with Crippen molar-refractivity contribution in [3.05, 3.63) is 62.0 Å². The van der Waals surface area contributed by atoms with Crippen molar-refractivity contribution in [2.45, 2.75) is 6.61 Å². The summed E-state index contributed by atoms with van der Waals surface area (Å²) in [6.45, 7) is 0.183. The summed E-state index contributed by atoms with van der Waals surface area (Å²) in [6, 6.07) is 10.3. The van der Waals surface area contributed by atoms with Crippen molar-refractivity contribution < 1.29 is 14.3 Å². The zero-order valence-corrected chi connectivity index (χ0v) is 14.1. The van der Waals surface area contributed by atoms with Gasteiger partial charge in [-0.15, -0.1) is 0 Å². The second-order valence-electron chi connectivity index (χ2n) is 4.13. The predicted octanol–water partition coefficient (Wildman–Crippen LogP) is 5.12. The van der Waals surface area contributed by atoms with Crippen molar-refractivity contribution >= 4 is 45.1 Å². The fourth-order valence-corrected chi connectivity index (χ4v) is 2.57. The van der Waals surface area contributed by atoms with Gasteiger partial charge in [0.15, 0.2) is 0 Å². The van der Waals surface area contributed by atoms with Crippen LogP contribution in [-0.4, -0.2) is 13.1 Å². The number of benzene rings is 2. The molecule has 0 amide bonds. The zero-order valence-electron chi connectivity index (χ0n) is 11.0. The molecule has 0 bridgehead atoms. The van der Waals surface area contributed by atoms with Crippen LogP contribution < -0.4 is 4.74 Å². The van der Waals surface area contributed by atoms with Gasteiger partial charge in [0.25, 0.3) is 0 Å². The molecule has 0 aliphatic carbocycles. The minimum atomic E-state index is -0.408. The standard InChI is InChI=1S/C15H11BrCl2O3/c1-20-15(19)10-5-3-2-4-9(10)8-21-14-7-12(17)11(16)6-13(14)18/h2-7H,8H2,1H3. The minimum Gasteiger partial charge on any atom is -0.487 e. The van der Waals surface area contributed by atoms with Crippen molar-refractivity contribution in [2.24, 2.45) is 0 Å². The number of carbonyl (C=O) groups excluding carboxylic acids is 1. The topological polar surface area (TPSA) is 35.5 Å². The van der Waals surface area contributed by atoms with E-state index in [2.05, 4.69) is 15.9 Å². The average molecular weight is 390 g/mol. The molecule has 2 aromatic carbocycles. The molecule has 2 aromatic rings. The van der Waals surface area contributed by atoms with Crippen LogP contribution in [0.25, 0.3) is 0 Å². The summed E-state index contributed by atoms with van der Waals surface area (Å²) in [7, 11) is 1.34. The van der Waals surface area contributed by atoms with Crippen LogP contribution in [0.3, 0.4) is 0 Å². The number of halogens is 3. The Hall–Kier alpha value is -1.23. The van der Waals surface area contributed by atoms with E-state index in [1.807, 2.05) is 6.07 Å². The van der Waals surface area contributed by atoms with Gasteiger partial charge in [-0.3, -0.25) is 0 Å². The van der Waals surface area contributed by atoms with Crippen LogP contribution in [0.4, 0.5) is 0 Å². The summed E-state index contributed by atoms with van der Waals surface area (Å²) < 4.78 is 11.1. The molecular weight excluding hydrogens is 379 g/mol. The summed E-state index contributed by atoms with van der Waals surface area (Å²) in [5.41, 5.74) is 1.17. The minimum absolute atomic E-state index is 0.183. The molecule has 0 radical (unpaired) electrons. The van der Waals surface area contributed by atoms with Crippen LogP contribution in [-0.2, 0) is 11.3 Å². The molecule has 0 aliphatic rings. The van der Waals surface area contributed by atoms with E-state index in [9.17, 15) is 4.79 Å². The Morgan fingerprint density at radius 1 is 1.19 bits per heavy atom. The summed E-state index contributed by atoms with van der Waals surface area (Å²) in [6.07, 6.45) is 0. The van der Waals surface area contributed by atoms with Crippen LogP contribution in [0.5, 0.6) is 5.75 Å². The first-order valence-corrected chi connectivity index (χ1v) is 7.51. The monoisotopic (exact) mass is 388 g/mol. The average Bonchev–Trinajstić information content (AvgIpc) is 2.49. The number of methoxy groups -OCH3 is 1. The van der Waals surface area contributed by atoms with E-state index in [0.717, 1.165) is 0 Å². The van der Waals surface area contributed by atoms with E-state index < -0.39 is 5.97 Å². The van der Waals surface area contributed by atoms with Crippen LogP contribution >= 0.6 is 39.1 Å². The maximum absolute atomic E-state index is 11.7. The Bertz CT molecular complexity index is 674. The lowest BCUT2D eigenvalue weighted by Gasteiger charge is -2.11. The van der Waals surface area contributed by atoms with Crippen molar-refractivity contribution in [3.8, 4) is 5.75 Å². The Kier molecular flexibility index (Phi) is 5.51. The quantitative estimate of drug-likeness (QED) is 0.537. The van der Waals surface area contributed by atoms with Gasteiger partial charge in [-0.25, -0.2) is 4.79 Å². The van der Waals surface area contributed by atoms with Gasteiger partial charge in [-0.2, -0.15) is 0 Å². The first-order chi connectivity index (χ1) is 10.0. The fraction of sp³-hybridized carbons (Fsp3) is 0.133. The molecule has 0 aliphatic heterocycles. The first-order valence-electron chi connectivity index (χ1n) is 5.96. The molecule has 0 saturated carbocycles. The highest BCUT2D eigenvalue weighted by Gasteiger charge is 2.13. The lowest BCUT2D eigenvalue weighted by Crippen LogP contribution is -2.07. The lowest BCUT2D eigenvalue weighted by molar-refractivity contribution is 0.0598. The molecule has 0 unspecified atom stereocenters. The summed E-state index contributed by atoms with van der Waals surface area (Å²) in [5.74, 6) is 0.0404. The molecular formula is C15H11BrCl2O3. The molecule has 0 fully saturated rings. The van der Waals surface area contributed by atoms with E-state index in [4.69, 9.17) is 32.7 Å². The SMILES string of the molecule is COC(=O)c1ccccc1COc1cc(Cl)c(Br)cc1Cl. The van der Waals surface area contributed by atoms with Gasteiger partial charge in [-0.05, 0) is 28.1 Å². The second kappa shape index (κ2) is 7.16. The van der Waals surface area contributed by atoms with Crippen molar-refractivity contribution in [1.29, 1.82) is 0 Å². The molecule has 2 rings (SSSR count). The van der Waals surface area contributed by atoms with E-state index in [-0.39, 0.29) is 6.61 Å². The third-order valence-electron chi connectivity index (χ3n) is 2.78. The molecule has 0 saturated heterocycles. The lowest BCUT2D eigenvalue weighted by atomic mass is 10.1. The first kappa shape index (κ1) is 16.1. The van der Waals surface area contributed by atoms with E-state index in [1.165, 1.54) is 7.11 Å². The molecule has 0 atom stereocenters. The fourth-order valence-electron chi connectivity index (χ4n) is 1.73. The normalized spacial score (nSPS) is 10.3. The number of hydrogen-bond acceptors (Lipinski definition) is 3. The molecule has 0 N–H and O–H groups in total. The molecule has 6 heteroatoms. The molecule has 0 aromatic heterocycles. The number of esters is 1. The van der Waals surface area contributed by atoms with Gasteiger partial charge in [0.1, 0.15) is 12.4 Å². The summed E-state index contributed by atoms with van der Waals surface area (Å²) in [4.78, 5) is 11.7. The van der Waals surface area contributed by atoms with Gasteiger partial charge in [0.05, 0.1) is 22.7 Å². The Morgan fingerprint density at radius 2 is 1.90 bits per heavy atom. The van der Waals surface area contributed by atoms with E-state index >= 15 is 0 Å². The van der Waals surface area contributed by atoms with Crippen LogP contribution in [0.15, 0.2) is 40.9 Å². The highest BCUT2D eigenvalue weighted by molar-refractivity contribution is 9.10. The highest BCUT2D eigenvalue weighted by atomic mass is 79.9. The van der Waals surface area contributed by atoms with Crippen molar-refractivity contribution in [2.75, 3.05) is 7.11 Å². The van der Waals surface area contributed by atoms with Crippen LogP contribution in [0.2, 0.25) is 10.0 Å². The van der Waals surface area contributed by atoms with Gasteiger partial charge in [0, 0.05) is 16.1 Å². The zero-order chi connectivity index (χ0) is 15.4. The Labute approximate surface area is 140 Å². The maximum atomic E-state index is 11.7. The third-order valence-corrected chi connectivity index (χ3v) is 4.27. The molecule has 3 nitrogen and oxygen atoms in total. The van der Waals surface area contributed by atoms with Crippen LogP contribution in [0, 0.1) is 0 Å². The Morgan fingerprint density at radius 3 is 2.62 bits per heavy atom. The Balaban J connectivity index is 2.21. The number of rotatable bonds is 4. The van der Waals surface area contributed by atoms with Crippen molar-refractivity contribution in [3.63, 3.8) is 0 Å². The molecule has 0 spiro atoms. The summed E-state index contributed by atoms with van der Waals surface area (Å²) >= 11 is 15.4. The van der Waals surface area contributed by atoms with Gasteiger partial charge < -0.3 is 9.47 Å². The number of carbonyl (C=O) groups is 1. The molecule has 21 heavy (non-hydrogen) atoms. The molecule has 110 valence electrons. The number of ether oxygens (including phenoxy) is 2. The van der Waals surface area contributed by atoms with Gasteiger partial charge >= 0.3 is 5.97 Å². The van der Waals surface area contributed by atoms with Crippen molar-refractivity contribution in [1.82, 2.24) is 0 Å². The second-order valence-corrected chi connectivity index (χ2v) is 5.80. The van der Waals surface area contributed by atoms with E-state index in [1.54, 1.807) is 30.3 Å². The maximum Gasteiger partial charge on any atom is 0.338 e. The van der Waals surface area contributed by atoms with Gasteiger partial charge in [0.2, 0.25) is 0 Å². The van der Waals surface area contributed by atoms with Gasteiger partial charge in [-0.1, -0.05) is 41.4 Å². The summed E-state index contributed by atoms with van der Waals surface area (Å²) in [5, 5.41) is 0.928. The number of hydrogen-bond donors (Lipinski definition) is 0.